The molecule has 0 saturated heterocycles. The van der Waals surface area contributed by atoms with Gasteiger partial charge in [-0.1, -0.05) is 29.8 Å². The number of aromatic nitrogens is 1. The van der Waals surface area contributed by atoms with Crippen LogP contribution in [0.25, 0.3) is 11.3 Å². The summed E-state index contributed by atoms with van der Waals surface area (Å²) < 4.78 is 38.7. The highest BCUT2D eigenvalue weighted by Gasteiger charge is 2.30. The number of hydrogen-bond acceptors (Lipinski definition) is 4. The molecule has 0 amide bonds. The van der Waals surface area contributed by atoms with Crippen molar-refractivity contribution in [3.8, 4) is 11.3 Å². The highest BCUT2D eigenvalue weighted by atomic mass is 32.1. The van der Waals surface area contributed by atoms with Crippen molar-refractivity contribution in [2.24, 2.45) is 0 Å². The molecule has 27 heavy (non-hydrogen) atoms. The van der Waals surface area contributed by atoms with Gasteiger partial charge in [-0.25, -0.2) is 4.98 Å². The fourth-order valence-electron chi connectivity index (χ4n) is 2.81. The van der Waals surface area contributed by atoms with Gasteiger partial charge in [-0.05, 0) is 37.6 Å². The van der Waals surface area contributed by atoms with Crippen molar-refractivity contribution in [1.29, 1.82) is 0 Å². The first-order chi connectivity index (χ1) is 12.8. The third-order valence-corrected chi connectivity index (χ3v) is 5.04. The molecule has 3 rings (SSSR count). The van der Waals surface area contributed by atoms with Crippen molar-refractivity contribution in [3.63, 3.8) is 0 Å². The Morgan fingerprint density at radius 1 is 1.15 bits per heavy atom. The number of nitrogens with one attached hydrogen (secondary N) is 1. The fraction of sp³-hybridized carbons (Fsp3) is 0.200. The molecule has 0 aliphatic heterocycles. The van der Waals surface area contributed by atoms with Gasteiger partial charge < -0.3 is 10.1 Å². The maximum atomic E-state index is 12.9. The molecular weight excluding hydrogens is 373 g/mol. The van der Waals surface area contributed by atoms with E-state index in [2.05, 4.69) is 10.3 Å². The maximum Gasteiger partial charge on any atom is 0.416 e. The first-order valence-corrected chi connectivity index (χ1v) is 9.05. The minimum atomic E-state index is -4.41. The zero-order valence-electron chi connectivity index (χ0n) is 14.7. The number of carbonyl (C=O) groups is 1. The first-order valence-electron chi connectivity index (χ1n) is 8.23. The summed E-state index contributed by atoms with van der Waals surface area (Å²) in [6.07, 6.45) is -3.41. The van der Waals surface area contributed by atoms with Gasteiger partial charge in [0.2, 0.25) is 0 Å². The summed E-state index contributed by atoms with van der Waals surface area (Å²) in [7, 11) is 0. The quantitative estimate of drug-likeness (QED) is 0.549. The van der Waals surface area contributed by atoms with Gasteiger partial charge in [0.15, 0.2) is 5.13 Å². The first kappa shape index (κ1) is 19.1. The zero-order valence-corrected chi connectivity index (χ0v) is 15.5. The van der Waals surface area contributed by atoms with E-state index in [0.717, 1.165) is 40.0 Å². The predicted octanol–water partition coefficient (Wildman–Crippen LogP) is 5.93. The topological polar surface area (TPSA) is 42.0 Å². The number of aldehydes is 1. The van der Waals surface area contributed by atoms with Crippen molar-refractivity contribution in [2.45, 2.75) is 26.4 Å². The summed E-state index contributed by atoms with van der Waals surface area (Å²) in [5.41, 5.74) is 3.30. The van der Waals surface area contributed by atoms with E-state index in [9.17, 15) is 18.0 Å². The summed E-state index contributed by atoms with van der Waals surface area (Å²) in [6.45, 7) is 3.96. The number of anilines is 2. The van der Waals surface area contributed by atoms with E-state index in [1.807, 2.05) is 32.0 Å². The van der Waals surface area contributed by atoms with E-state index in [4.69, 9.17) is 0 Å². The van der Waals surface area contributed by atoms with Crippen LogP contribution in [0, 0.1) is 13.8 Å². The van der Waals surface area contributed by atoms with E-state index in [0.29, 0.717) is 16.5 Å². The second-order valence-corrected chi connectivity index (χ2v) is 7.27. The third kappa shape index (κ3) is 4.36. The average Bonchev–Trinajstić information content (AvgIpc) is 2.97. The lowest BCUT2D eigenvalue weighted by Crippen LogP contribution is -2.05. The highest BCUT2D eigenvalue weighted by Crippen LogP contribution is 2.36. The molecule has 0 saturated carbocycles. The van der Waals surface area contributed by atoms with Crippen LogP contribution in [0.5, 0.6) is 0 Å². The molecule has 0 fully saturated rings. The minimum Gasteiger partial charge on any atom is -0.332 e. The van der Waals surface area contributed by atoms with Crippen molar-refractivity contribution in [3.05, 3.63) is 64.0 Å². The lowest BCUT2D eigenvalue weighted by molar-refractivity contribution is -0.137. The number of thiazole rings is 1. The normalized spacial score (nSPS) is 11.4. The molecule has 3 aromatic rings. The van der Waals surface area contributed by atoms with Crippen LogP contribution in [0.2, 0.25) is 0 Å². The summed E-state index contributed by atoms with van der Waals surface area (Å²) in [4.78, 5) is 16.4. The summed E-state index contributed by atoms with van der Waals surface area (Å²) in [5.74, 6) is 0. The number of alkyl halides is 3. The van der Waals surface area contributed by atoms with Gasteiger partial charge in [0.05, 0.1) is 11.3 Å². The number of halogens is 3. The van der Waals surface area contributed by atoms with Crippen LogP contribution < -0.4 is 5.32 Å². The van der Waals surface area contributed by atoms with E-state index >= 15 is 0 Å². The van der Waals surface area contributed by atoms with Crippen molar-refractivity contribution >= 4 is 28.4 Å². The van der Waals surface area contributed by atoms with Crippen molar-refractivity contribution < 1.29 is 18.0 Å². The number of nitrogens with zero attached hydrogens (tertiary/aromatic N) is 1. The Labute approximate surface area is 158 Å². The van der Waals surface area contributed by atoms with Crippen LogP contribution in [0.4, 0.5) is 24.0 Å². The summed E-state index contributed by atoms with van der Waals surface area (Å²) in [6, 6.07) is 10.9. The SMILES string of the molecule is Cc1ccc(-c2nc(Nc3cccc(C(F)(F)F)c3)sc2CC=O)c(C)c1. The molecule has 0 aliphatic carbocycles. The number of rotatable bonds is 5. The molecule has 0 spiro atoms. The van der Waals surface area contributed by atoms with Crippen LogP contribution in [0.15, 0.2) is 42.5 Å². The van der Waals surface area contributed by atoms with E-state index < -0.39 is 11.7 Å². The molecule has 7 heteroatoms. The summed E-state index contributed by atoms with van der Waals surface area (Å²) >= 11 is 1.27. The Bertz CT molecular complexity index is 980. The monoisotopic (exact) mass is 390 g/mol. The Kier molecular flexibility index (Phi) is 5.32. The summed E-state index contributed by atoms with van der Waals surface area (Å²) in [5, 5.41) is 3.37. The zero-order chi connectivity index (χ0) is 19.6. The number of aryl methyl sites for hydroxylation is 2. The number of carbonyl (C=O) groups excluding carboxylic acids is 1. The number of benzene rings is 2. The Morgan fingerprint density at radius 2 is 1.93 bits per heavy atom. The van der Waals surface area contributed by atoms with Crippen LogP contribution in [0.1, 0.15) is 21.6 Å². The van der Waals surface area contributed by atoms with Gasteiger partial charge >= 0.3 is 6.18 Å². The largest absolute Gasteiger partial charge is 0.416 e. The molecule has 140 valence electrons. The standard InChI is InChI=1S/C20H17F3N2OS/c1-12-6-7-16(13(2)10-12)18-17(8-9-26)27-19(25-18)24-15-5-3-4-14(11-15)20(21,22)23/h3-7,9-11H,8H2,1-2H3,(H,24,25). The van der Waals surface area contributed by atoms with Gasteiger partial charge in [0, 0.05) is 22.5 Å². The molecule has 1 heterocycles. The third-order valence-electron chi connectivity index (χ3n) is 4.04. The van der Waals surface area contributed by atoms with Gasteiger partial charge in [-0.2, -0.15) is 13.2 Å². The van der Waals surface area contributed by atoms with Crippen LogP contribution >= 0.6 is 11.3 Å². The van der Waals surface area contributed by atoms with E-state index in [1.54, 1.807) is 6.07 Å². The molecule has 3 nitrogen and oxygen atoms in total. The molecule has 2 aromatic carbocycles. The predicted molar refractivity (Wildman–Crippen MR) is 102 cm³/mol. The van der Waals surface area contributed by atoms with Crippen molar-refractivity contribution in [1.82, 2.24) is 4.98 Å². The second-order valence-electron chi connectivity index (χ2n) is 6.18. The fourth-order valence-corrected chi connectivity index (χ4v) is 3.75. The molecule has 1 aromatic heterocycles. The Hall–Kier alpha value is -2.67. The average molecular weight is 390 g/mol. The van der Waals surface area contributed by atoms with Gasteiger partial charge in [-0.15, -0.1) is 11.3 Å². The highest BCUT2D eigenvalue weighted by molar-refractivity contribution is 7.16. The Morgan fingerprint density at radius 3 is 2.59 bits per heavy atom. The van der Waals surface area contributed by atoms with Crippen molar-refractivity contribution in [2.75, 3.05) is 5.32 Å². The second kappa shape index (κ2) is 7.52. The lowest BCUT2D eigenvalue weighted by Gasteiger charge is -2.09. The van der Waals surface area contributed by atoms with Crippen LogP contribution in [0.3, 0.4) is 0 Å². The smallest absolute Gasteiger partial charge is 0.332 e. The van der Waals surface area contributed by atoms with Crippen LogP contribution in [-0.4, -0.2) is 11.3 Å². The van der Waals surface area contributed by atoms with E-state index in [-0.39, 0.29) is 6.42 Å². The van der Waals surface area contributed by atoms with Gasteiger partial charge in [-0.3, -0.25) is 0 Å². The Balaban J connectivity index is 1.97. The number of hydrogen-bond donors (Lipinski definition) is 1. The van der Waals surface area contributed by atoms with Gasteiger partial charge in [0.25, 0.3) is 0 Å². The molecule has 1 N–H and O–H groups in total. The molecule has 0 aliphatic rings. The van der Waals surface area contributed by atoms with Gasteiger partial charge in [0.1, 0.15) is 6.29 Å². The van der Waals surface area contributed by atoms with Crippen LogP contribution in [-0.2, 0) is 17.4 Å². The molecular formula is C20H17F3N2OS. The molecule has 0 atom stereocenters. The van der Waals surface area contributed by atoms with E-state index in [1.165, 1.54) is 17.4 Å². The minimum absolute atomic E-state index is 0.199. The maximum absolute atomic E-state index is 12.9. The molecule has 0 unspecified atom stereocenters. The molecule has 0 radical (unpaired) electrons. The molecule has 0 bridgehead atoms. The lowest BCUT2D eigenvalue weighted by atomic mass is 10.0.